The first-order valence-corrected chi connectivity index (χ1v) is 11.4. The summed E-state index contributed by atoms with van der Waals surface area (Å²) in [7, 11) is 0. The maximum atomic E-state index is 5.72. The fraction of sp³-hybridized carbons (Fsp3) is 0.267. The minimum atomic E-state index is 0.586. The molecule has 0 radical (unpaired) electrons. The predicted octanol–water partition coefficient (Wildman–Crippen LogP) is 8.18. The lowest BCUT2D eigenvalue weighted by Crippen LogP contribution is -2.12. The second-order valence-electron chi connectivity index (χ2n) is 8.52. The third-order valence-electron chi connectivity index (χ3n) is 6.47. The van der Waals surface area contributed by atoms with Crippen LogP contribution in [-0.4, -0.2) is 6.61 Å². The van der Waals surface area contributed by atoms with Crippen molar-refractivity contribution in [3.05, 3.63) is 109 Å². The van der Waals surface area contributed by atoms with E-state index < -0.39 is 0 Å². The van der Waals surface area contributed by atoms with E-state index in [-0.39, 0.29) is 0 Å². The Bertz CT molecular complexity index is 992. The van der Waals surface area contributed by atoms with Crippen LogP contribution in [0.3, 0.4) is 0 Å². The van der Waals surface area contributed by atoms with Crippen LogP contribution in [0.1, 0.15) is 42.7 Å². The molecule has 1 aliphatic carbocycles. The van der Waals surface area contributed by atoms with Crippen molar-refractivity contribution in [2.24, 2.45) is 5.92 Å². The van der Waals surface area contributed by atoms with Crippen LogP contribution in [0, 0.1) is 5.92 Å². The molecule has 0 saturated heterocycles. The molecule has 0 N–H and O–H groups in total. The van der Waals surface area contributed by atoms with Crippen LogP contribution in [0.2, 0.25) is 0 Å². The molecule has 4 rings (SSSR count). The highest BCUT2D eigenvalue weighted by Gasteiger charge is 2.23. The van der Waals surface area contributed by atoms with Crippen LogP contribution in [0.15, 0.2) is 98.1 Å². The summed E-state index contributed by atoms with van der Waals surface area (Å²) in [5.74, 6) is 1.27. The van der Waals surface area contributed by atoms with Gasteiger partial charge in [0.05, 0.1) is 13.2 Å². The van der Waals surface area contributed by atoms with E-state index in [0.29, 0.717) is 25.0 Å². The van der Waals surface area contributed by atoms with Gasteiger partial charge in [-0.15, -0.1) is 13.2 Å². The van der Waals surface area contributed by atoms with Gasteiger partial charge in [0.25, 0.3) is 0 Å². The van der Waals surface area contributed by atoms with Gasteiger partial charge in [-0.1, -0.05) is 84.9 Å². The van der Waals surface area contributed by atoms with Crippen molar-refractivity contribution in [3.63, 3.8) is 0 Å². The van der Waals surface area contributed by atoms with E-state index >= 15 is 0 Å². The molecule has 0 amide bonds. The molecular formula is C30H32O. The molecule has 1 saturated carbocycles. The maximum Gasteiger partial charge on any atom is 0.0721 e. The maximum absolute atomic E-state index is 5.72. The quantitative estimate of drug-likeness (QED) is 0.270. The van der Waals surface area contributed by atoms with Gasteiger partial charge in [-0.05, 0) is 70.9 Å². The summed E-state index contributed by atoms with van der Waals surface area (Å²) in [6.07, 6.45) is 8.86. The van der Waals surface area contributed by atoms with E-state index in [1.807, 2.05) is 0 Å². The summed E-state index contributed by atoms with van der Waals surface area (Å²) < 4.78 is 5.72. The van der Waals surface area contributed by atoms with Crippen molar-refractivity contribution in [3.8, 4) is 22.3 Å². The number of rotatable bonds is 8. The number of hydrogen-bond donors (Lipinski definition) is 0. The average molecular weight is 409 g/mol. The molecule has 0 unspecified atom stereocenters. The first-order valence-electron chi connectivity index (χ1n) is 11.4. The Balaban J connectivity index is 1.64. The highest BCUT2D eigenvalue weighted by atomic mass is 16.5. The molecule has 0 heterocycles. The topological polar surface area (TPSA) is 9.23 Å². The van der Waals surface area contributed by atoms with Crippen molar-refractivity contribution in [1.82, 2.24) is 0 Å². The Kier molecular flexibility index (Phi) is 7.17. The summed E-state index contributed by atoms with van der Waals surface area (Å²) in [5.41, 5.74) is 7.87. The molecular weight excluding hydrogens is 376 g/mol. The summed E-state index contributed by atoms with van der Waals surface area (Å²) >= 11 is 0. The van der Waals surface area contributed by atoms with E-state index in [0.717, 1.165) is 0 Å². The fourth-order valence-corrected chi connectivity index (χ4v) is 4.70. The number of ether oxygens (including phenoxy) is 1. The molecule has 3 aromatic carbocycles. The minimum absolute atomic E-state index is 0.586. The Morgan fingerprint density at radius 3 is 2.13 bits per heavy atom. The number of allylic oxidation sites excluding steroid dienone is 1. The molecule has 0 atom stereocenters. The molecule has 1 aliphatic rings. The monoisotopic (exact) mass is 408 g/mol. The van der Waals surface area contributed by atoms with Crippen LogP contribution in [-0.2, 0) is 11.3 Å². The predicted molar refractivity (Wildman–Crippen MR) is 132 cm³/mol. The third kappa shape index (κ3) is 5.24. The van der Waals surface area contributed by atoms with Gasteiger partial charge in [0.1, 0.15) is 0 Å². The normalized spacial score (nSPS) is 18.5. The van der Waals surface area contributed by atoms with Gasteiger partial charge in [0.15, 0.2) is 0 Å². The molecule has 0 aromatic heterocycles. The average Bonchev–Trinajstić information content (AvgIpc) is 2.85. The minimum Gasteiger partial charge on any atom is -0.373 e. The van der Waals surface area contributed by atoms with E-state index in [9.17, 15) is 0 Å². The van der Waals surface area contributed by atoms with Crippen LogP contribution < -0.4 is 0 Å². The molecule has 3 aromatic rings. The Morgan fingerprint density at radius 2 is 1.45 bits per heavy atom. The zero-order valence-corrected chi connectivity index (χ0v) is 18.3. The second kappa shape index (κ2) is 10.4. The van der Waals surface area contributed by atoms with Gasteiger partial charge in [-0.2, -0.15) is 0 Å². The smallest absolute Gasteiger partial charge is 0.0721 e. The Morgan fingerprint density at radius 1 is 0.774 bits per heavy atom. The lowest BCUT2D eigenvalue weighted by molar-refractivity contribution is 0.149. The van der Waals surface area contributed by atoms with Crippen molar-refractivity contribution in [2.75, 3.05) is 6.61 Å². The molecule has 31 heavy (non-hydrogen) atoms. The van der Waals surface area contributed by atoms with Gasteiger partial charge in [0, 0.05) is 0 Å². The standard InChI is InChI=1S/C30H32O/c1-3-20-31-22-24-12-19-29(30(21-24)28-13-10-23(4-2)11-14-28)27-17-15-26(16-18-27)25-8-6-5-7-9-25/h3-9,12,15-19,21,23,28H,1-2,10-11,13-14,20,22H2. The number of hydrogen-bond acceptors (Lipinski definition) is 1. The summed E-state index contributed by atoms with van der Waals surface area (Å²) in [6.45, 7) is 8.98. The Labute approximate surface area is 187 Å². The van der Waals surface area contributed by atoms with Crippen LogP contribution >= 0.6 is 0 Å². The highest BCUT2D eigenvalue weighted by Crippen LogP contribution is 2.41. The van der Waals surface area contributed by atoms with Crippen molar-refractivity contribution in [1.29, 1.82) is 0 Å². The summed E-state index contributed by atoms with van der Waals surface area (Å²) in [5, 5.41) is 0. The molecule has 0 bridgehead atoms. The highest BCUT2D eigenvalue weighted by molar-refractivity contribution is 5.73. The lowest BCUT2D eigenvalue weighted by Gasteiger charge is -2.29. The van der Waals surface area contributed by atoms with Gasteiger partial charge < -0.3 is 4.74 Å². The fourth-order valence-electron chi connectivity index (χ4n) is 4.70. The third-order valence-corrected chi connectivity index (χ3v) is 6.47. The SMILES string of the molecule is C=CCOCc1ccc(-c2ccc(-c3ccccc3)cc2)c(C2CCC(C=C)CC2)c1. The van der Waals surface area contributed by atoms with E-state index in [1.165, 1.54) is 59.1 Å². The van der Waals surface area contributed by atoms with Crippen LogP contribution in [0.5, 0.6) is 0 Å². The summed E-state index contributed by atoms with van der Waals surface area (Å²) in [4.78, 5) is 0. The van der Waals surface area contributed by atoms with Crippen molar-refractivity contribution >= 4 is 0 Å². The molecule has 158 valence electrons. The molecule has 0 aliphatic heterocycles. The first kappa shape index (κ1) is 21.3. The molecule has 1 nitrogen and oxygen atoms in total. The first-order chi connectivity index (χ1) is 15.3. The van der Waals surface area contributed by atoms with E-state index in [2.05, 4.69) is 92.0 Å². The van der Waals surface area contributed by atoms with Crippen molar-refractivity contribution in [2.45, 2.75) is 38.2 Å². The van der Waals surface area contributed by atoms with Gasteiger partial charge in [0.2, 0.25) is 0 Å². The Hall–Kier alpha value is -2.90. The van der Waals surface area contributed by atoms with E-state index in [1.54, 1.807) is 6.08 Å². The molecule has 0 spiro atoms. The van der Waals surface area contributed by atoms with Gasteiger partial charge in [-0.25, -0.2) is 0 Å². The van der Waals surface area contributed by atoms with Crippen molar-refractivity contribution < 1.29 is 4.74 Å². The lowest BCUT2D eigenvalue weighted by atomic mass is 9.76. The van der Waals surface area contributed by atoms with E-state index in [4.69, 9.17) is 4.74 Å². The second-order valence-corrected chi connectivity index (χ2v) is 8.52. The van der Waals surface area contributed by atoms with Gasteiger partial charge >= 0.3 is 0 Å². The largest absolute Gasteiger partial charge is 0.373 e. The number of benzene rings is 3. The molecule has 1 heteroatoms. The van der Waals surface area contributed by atoms with Crippen LogP contribution in [0.25, 0.3) is 22.3 Å². The summed E-state index contributed by atoms with van der Waals surface area (Å²) in [6, 6.07) is 26.5. The van der Waals surface area contributed by atoms with Gasteiger partial charge in [-0.3, -0.25) is 0 Å². The van der Waals surface area contributed by atoms with Crippen LogP contribution in [0.4, 0.5) is 0 Å². The zero-order chi connectivity index (χ0) is 21.5. The zero-order valence-electron chi connectivity index (χ0n) is 18.3. The molecule has 1 fully saturated rings.